The van der Waals surface area contributed by atoms with Crippen molar-refractivity contribution in [2.45, 2.75) is 39.2 Å². The predicted molar refractivity (Wildman–Crippen MR) is 321 cm³/mol. The molecule has 2 aromatic heterocycles. The molecule has 0 N–H and O–H groups in total. The fourth-order valence-electron chi connectivity index (χ4n) is 11.9. The molecule has 2 nitrogen and oxygen atoms in total. The fraction of sp³-hybridized carbons (Fsp3) is 0. The third-order valence-electron chi connectivity index (χ3n) is 15.1. The van der Waals surface area contributed by atoms with Crippen molar-refractivity contribution in [2.24, 2.45) is 0 Å². The largest absolute Gasteiger partial charge is 0.309 e. The highest BCUT2D eigenvalue weighted by atomic mass is 32.3. The smallest absolute Gasteiger partial charge is 0.0561 e. The van der Waals surface area contributed by atoms with Gasteiger partial charge in [-0.2, -0.15) is 0 Å². The van der Waals surface area contributed by atoms with E-state index in [2.05, 4.69) is 325 Å². The lowest BCUT2D eigenvalue weighted by molar-refractivity contribution is 1.14. The van der Waals surface area contributed by atoms with E-state index in [9.17, 15) is 0 Å². The molecule has 0 saturated carbocycles. The third kappa shape index (κ3) is 7.21. The van der Waals surface area contributed by atoms with Crippen LogP contribution >= 0.6 is 20.1 Å². The number of fused-ring (bicyclic) bond motifs is 6. The highest BCUT2D eigenvalue weighted by Gasteiger charge is 2.37. The summed E-state index contributed by atoms with van der Waals surface area (Å²) in [5, 5.41) is 4.94. The summed E-state index contributed by atoms with van der Waals surface area (Å²) in [5.74, 6) is 0. The molecule has 0 radical (unpaired) electrons. The van der Waals surface area contributed by atoms with Crippen molar-refractivity contribution in [1.82, 2.24) is 9.13 Å². The van der Waals surface area contributed by atoms with Gasteiger partial charge in [0, 0.05) is 72.1 Å². The number of hydrogen-bond donors (Lipinski definition) is 0. The molecule has 362 valence electrons. The second kappa shape index (κ2) is 19.0. The van der Waals surface area contributed by atoms with E-state index in [1.165, 1.54) is 88.4 Å². The van der Waals surface area contributed by atoms with Gasteiger partial charge in [-0.3, -0.25) is 0 Å². The molecule has 0 atom stereocenters. The van der Waals surface area contributed by atoms with Gasteiger partial charge in [0.1, 0.15) is 0 Å². The van der Waals surface area contributed by atoms with Gasteiger partial charge in [0.15, 0.2) is 0 Å². The van der Waals surface area contributed by atoms with Crippen LogP contribution in [0.4, 0.5) is 0 Å². The normalized spacial score (nSPS) is 12.4. The Morgan fingerprint density at radius 3 is 1.17 bits per heavy atom. The molecule has 0 amide bonds. The van der Waals surface area contributed by atoms with Gasteiger partial charge in [0.25, 0.3) is 0 Å². The summed E-state index contributed by atoms with van der Waals surface area (Å²) in [4.78, 5) is 10.4. The molecule has 0 bridgehead atoms. The molecule has 0 fully saturated rings. The van der Waals surface area contributed by atoms with Crippen molar-refractivity contribution in [1.29, 1.82) is 0 Å². The van der Waals surface area contributed by atoms with E-state index in [0.717, 1.165) is 16.9 Å². The molecular weight excluding hydrogens is 957 g/mol. The zero-order valence-corrected chi connectivity index (χ0v) is 43.4. The summed E-state index contributed by atoms with van der Waals surface area (Å²) in [6.07, 6.45) is 0. The first kappa shape index (κ1) is 45.5. The van der Waals surface area contributed by atoms with Crippen LogP contribution in [0, 0.1) is 0 Å². The topological polar surface area (TPSA) is 9.86 Å². The van der Waals surface area contributed by atoms with Crippen LogP contribution in [0.25, 0.3) is 66.1 Å². The van der Waals surface area contributed by atoms with Crippen molar-refractivity contribution < 1.29 is 0 Å². The summed E-state index contributed by atoms with van der Waals surface area (Å²) in [6, 6.07) is 118. The Balaban J connectivity index is 1.03. The van der Waals surface area contributed by atoms with Gasteiger partial charge in [0.2, 0.25) is 0 Å². The Kier molecular flexibility index (Phi) is 11.4. The minimum atomic E-state index is -2.12. The van der Waals surface area contributed by atoms with Crippen LogP contribution in [-0.2, 0) is 0 Å². The van der Waals surface area contributed by atoms with Crippen molar-refractivity contribution in [3.63, 3.8) is 0 Å². The molecule has 14 rings (SSSR count). The third-order valence-corrected chi connectivity index (χ3v) is 22.9. The molecule has 0 spiro atoms. The number of hydrogen-bond acceptors (Lipinski definition) is 0. The lowest BCUT2D eigenvalue weighted by Gasteiger charge is -2.42. The summed E-state index contributed by atoms with van der Waals surface area (Å²) in [6.45, 7) is 0. The average Bonchev–Trinajstić information content (AvgIpc) is 4.04. The van der Waals surface area contributed by atoms with E-state index < -0.39 is 20.1 Å². The quantitative estimate of drug-likeness (QED) is 0.122. The molecule has 0 aliphatic rings. The predicted octanol–water partition coefficient (Wildman–Crippen LogP) is 20.2. The fourth-order valence-corrected chi connectivity index (χ4v) is 19.9. The molecule has 0 saturated heterocycles. The van der Waals surface area contributed by atoms with Crippen LogP contribution in [0.2, 0.25) is 0 Å². The monoisotopic (exact) mass is 1010 g/mol. The maximum atomic E-state index is 2.52. The molecule has 4 heteroatoms. The minimum Gasteiger partial charge on any atom is -0.309 e. The number of benzene rings is 12. The van der Waals surface area contributed by atoms with Gasteiger partial charge in [-0.1, -0.05) is 188 Å². The first-order valence-electron chi connectivity index (χ1n) is 26.0. The standard InChI is InChI=1S/C72H52N2S2/c1-7-26-53(27-8-1)54-28-23-40-62(50-54)76(60-36-15-5-16-37-60,61-38-17-6-18-39-61)71-47-25-46-69-72(71)66-43-20-22-45-68(66)73(69)56-48-49-65-64-42-19-21-44-67(64)74(70(65)52-56)55-29-24-41-63(51-55)75(57-30-9-2-10-31-57,58-32-11-3-12-33-58)59-34-13-4-14-35-59/h1-52H. The first-order valence-corrected chi connectivity index (χ1v) is 29.2. The van der Waals surface area contributed by atoms with Gasteiger partial charge in [-0.15, -0.1) is 20.1 Å². The van der Waals surface area contributed by atoms with Crippen molar-refractivity contribution in [2.75, 3.05) is 0 Å². The molecule has 76 heavy (non-hydrogen) atoms. The van der Waals surface area contributed by atoms with Gasteiger partial charge in [-0.05, 0) is 139 Å². The lowest BCUT2D eigenvalue weighted by Crippen LogP contribution is -2.06. The number of aromatic nitrogens is 2. The molecule has 0 aliphatic carbocycles. The summed E-state index contributed by atoms with van der Waals surface area (Å²) in [7, 11) is -4.05. The summed E-state index contributed by atoms with van der Waals surface area (Å²) >= 11 is 0. The van der Waals surface area contributed by atoms with E-state index in [1.807, 2.05) is 0 Å². The summed E-state index contributed by atoms with van der Waals surface area (Å²) < 4.78 is 5.02. The molecule has 14 aromatic rings. The summed E-state index contributed by atoms with van der Waals surface area (Å²) in [5.41, 5.74) is 9.32. The maximum absolute atomic E-state index is 2.52. The zero-order chi connectivity index (χ0) is 50.5. The van der Waals surface area contributed by atoms with Crippen LogP contribution in [-0.4, -0.2) is 9.13 Å². The van der Waals surface area contributed by atoms with Gasteiger partial charge < -0.3 is 9.13 Å². The maximum Gasteiger partial charge on any atom is 0.0561 e. The Morgan fingerprint density at radius 1 is 0.211 bits per heavy atom. The van der Waals surface area contributed by atoms with E-state index in [4.69, 9.17) is 0 Å². The van der Waals surface area contributed by atoms with Crippen LogP contribution in [0.15, 0.2) is 355 Å². The average molecular weight is 1010 g/mol. The SMILES string of the molecule is c1ccc(-c2cccc(S(c3ccccc3)(c3ccccc3)c3cccc4c3c3ccccc3n4-c3ccc4c5ccccc5n(-c5cccc(S(c6ccccc6)(c6ccccc6)c6ccccc6)c5)c4c3)c2)cc1. The second-order valence-electron chi connectivity index (χ2n) is 19.2. The minimum absolute atomic E-state index is 1.11. The Morgan fingerprint density at radius 2 is 0.592 bits per heavy atom. The highest BCUT2D eigenvalue weighted by molar-refractivity contribution is 8.34. The zero-order valence-electron chi connectivity index (χ0n) is 41.7. The number of para-hydroxylation sites is 2. The molecule has 0 aliphatic heterocycles. The van der Waals surface area contributed by atoms with Gasteiger partial charge in [-0.25, -0.2) is 0 Å². The van der Waals surface area contributed by atoms with Crippen LogP contribution in [0.5, 0.6) is 0 Å². The van der Waals surface area contributed by atoms with E-state index in [0.29, 0.717) is 0 Å². The van der Waals surface area contributed by atoms with E-state index in [1.54, 1.807) is 0 Å². The number of nitrogens with zero attached hydrogens (tertiary/aromatic N) is 2. The van der Waals surface area contributed by atoms with E-state index in [-0.39, 0.29) is 0 Å². The molecule has 2 heterocycles. The molecule has 12 aromatic carbocycles. The van der Waals surface area contributed by atoms with Crippen molar-refractivity contribution >= 4 is 63.7 Å². The number of rotatable bonds is 11. The highest BCUT2D eigenvalue weighted by Crippen LogP contribution is 2.76. The van der Waals surface area contributed by atoms with Crippen LogP contribution < -0.4 is 0 Å². The van der Waals surface area contributed by atoms with Gasteiger partial charge >= 0.3 is 0 Å². The Bertz CT molecular complexity index is 4240. The second-order valence-corrected chi connectivity index (χ2v) is 25.4. The molecular formula is C72H52N2S2. The van der Waals surface area contributed by atoms with Crippen LogP contribution in [0.3, 0.4) is 0 Å². The lowest BCUT2D eigenvalue weighted by atomic mass is 10.1. The Hall–Kier alpha value is -9.06. The van der Waals surface area contributed by atoms with Crippen molar-refractivity contribution in [3.8, 4) is 22.5 Å². The Labute approximate surface area is 447 Å². The first-order chi connectivity index (χ1) is 37.7. The van der Waals surface area contributed by atoms with Gasteiger partial charge in [0.05, 0.1) is 22.1 Å². The van der Waals surface area contributed by atoms with E-state index >= 15 is 0 Å². The molecule has 0 unspecified atom stereocenters. The van der Waals surface area contributed by atoms with Crippen molar-refractivity contribution in [3.05, 3.63) is 315 Å². The van der Waals surface area contributed by atoms with Crippen LogP contribution in [0.1, 0.15) is 0 Å².